The van der Waals surface area contributed by atoms with Crippen LogP contribution in [0, 0.1) is 6.92 Å². The van der Waals surface area contributed by atoms with Gasteiger partial charge in [0.2, 0.25) is 10.0 Å². The number of methoxy groups -OCH3 is 2. The van der Waals surface area contributed by atoms with Gasteiger partial charge in [0.15, 0.2) is 11.5 Å². The van der Waals surface area contributed by atoms with Crippen LogP contribution in [0.15, 0.2) is 39.9 Å². The fourth-order valence-corrected chi connectivity index (χ4v) is 5.55. The van der Waals surface area contributed by atoms with E-state index in [-0.39, 0.29) is 4.21 Å². The molecule has 2 aromatic heterocycles. The highest BCUT2D eigenvalue weighted by atomic mass is 32.2. The largest absolute Gasteiger partial charge is 0.493 e. The molecule has 0 aliphatic carbocycles. The molecule has 27 heavy (non-hydrogen) atoms. The minimum Gasteiger partial charge on any atom is -0.493 e. The molecule has 0 saturated heterocycles. The number of thiophene rings is 1. The molecule has 2 heterocycles. The maximum atomic E-state index is 12.5. The van der Waals surface area contributed by atoms with Crippen molar-refractivity contribution >= 4 is 32.7 Å². The SMILES string of the molecule is COc1ccc(CCNS(=O)(=O)c2ccc(-c3csc(C)n3)s2)cc1OC. The van der Waals surface area contributed by atoms with E-state index in [9.17, 15) is 8.42 Å². The van der Waals surface area contributed by atoms with Crippen LogP contribution in [0.1, 0.15) is 10.6 Å². The Balaban J connectivity index is 1.65. The Kier molecular flexibility index (Phi) is 6.15. The van der Waals surface area contributed by atoms with Crippen molar-refractivity contribution in [2.24, 2.45) is 0 Å². The Morgan fingerprint density at radius 1 is 1.11 bits per heavy atom. The Bertz CT molecular complexity index is 1020. The lowest BCUT2D eigenvalue weighted by molar-refractivity contribution is 0.354. The summed E-state index contributed by atoms with van der Waals surface area (Å²) in [6.45, 7) is 2.22. The molecular formula is C18H20N2O4S3. The molecule has 3 aromatic rings. The Morgan fingerprint density at radius 2 is 1.89 bits per heavy atom. The zero-order chi connectivity index (χ0) is 19.4. The monoisotopic (exact) mass is 424 g/mol. The predicted molar refractivity (Wildman–Crippen MR) is 109 cm³/mol. The lowest BCUT2D eigenvalue weighted by Gasteiger charge is -2.10. The third-order valence-electron chi connectivity index (χ3n) is 3.87. The smallest absolute Gasteiger partial charge is 0.250 e. The summed E-state index contributed by atoms with van der Waals surface area (Å²) < 4.78 is 38.5. The highest BCUT2D eigenvalue weighted by Gasteiger charge is 2.18. The number of aryl methyl sites for hydroxylation is 1. The maximum absolute atomic E-state index is 12.5. The first-order valence-corrected chi connectivity index (χ1v) is 11.3. The molecule has 0 saturated carbocycles. The summed E-state index contributed by atoms with van der Waals surface area (Å²) in [4.78, 5) is 5.25. The van der Waals surface area contributed by atoms with Crippen LogP contribution in [0.5, 0.6) is 11.5 Å². The van der Waals surface area contributed by atoms with E-state index >= 15 is 0 Å². The molecule has 0 fully saturated rings. The molecule has 3 rings (SSSR count). The number of benzene rings is 1. The van der Waals surface area contributed by atoms with E-state index in [1.54, 1.807) is 37.7 Å². The molecule has 0 unspecified atom stereocenters. The van der Waals surface area contributed by atoms with Gasteiger partial charge in [0.05, 0.1) is 29.8 Å². The zero-order valence-corrected chi connectivity index (χ0v) is 17.6. The summed E-state index contributed by atoms with van der Waals surface area (Å²) in [5, 5.41) is 2.89. The third kappa shape index (κ3) is 4.67. The Morgan fingerprint density at radius 3 is 2.56 bits per heavy atom. The van der Waals surface area contributed by atoms with E-state index in [4.69, 9.17) is 9.47 Å². The molecule has 144 valence electrons. The second-order valence-corrected chi connectivity index (χ2v) is 9.85. The molecule has 6 nitrogen and oxygen atoms in total. The molecule has 0 bridgehead atoms. The van der Waals surface area contributed by atoms with Crippen LogP contribution >= 0.6 is 22.7 Å². The topological polar surface area (TPSA) is 77.5 Å². The van der Waals surface area contributed by atoms with Crippen LogP contribution in [0.3, 0.4) is 0 Å². The van der Waals surface area contributed by atoms with E-state index in [0.717, 1.165) is 21.1 Å². The lowest BCUT2D eigenvalue weighted by atomic mass is 10.1. The average Bonchev–Trinajstić information content (AvgIpc) is 3.30. The molecule has 0 aliphatic heterocycles. The van der Waals surface area contributed by atoms with Crippen LogP contribution in [0.25, 0.3) is 10.6 Å². The summed E-state index contributed by atoms with van der Waals surface area (Å²) in [6, 6.07) is 8.96. The number of thiazole rings is 1. The van der Waals surface area contributed by atoms with Crippen molar-refractivity contribution in [1.29, 1.82) is 0 Å². The lowest BCUT2D eigenvalue weighted by Crippen LogP contribution is -2.25. The third-order valence-corrected chi connectivity index (χ3v) is 7.71. The van der Waals surface area contributed by atoms with Crippen LogP contribution in [-0.4, -0.2) is 34.2 Å². The molecule has 0 spiro atoms. The minimum atomic E-state index is -3.55. The number of hydrogen-bond acceptors (Lipinski definition) is 7. The van der Waals surface area contributed by atoms with Gasteiger partial charge in [0.1, 0.15) is 4.21 Å². The normalized spacial score (nSPS) is 11.5. The molecular weight excluding hydrogens is 404 g/mol. The highest BCUT2D eigenvalue weighted by Crippen LogP contribution is 2.31. The van der Waals surface area contributed by atoms with Crippen LogP contribution in [-0.2, 0) is 16.4 Å². The van der Waals surface area contributed by atoms with Gasteiger partial charge in [0, 0.05) is 11.9 Å². The summed E-state index contributed by atoms with van der Waals surface area (Å²) in [6.07, 6.45) is 0.545. The van der Waals surface area contributed by atoms with Crippen molar-refractivity contribution in [1.82, 2.24) is 9.71 Å². The second kappa shape index (κ2) is 8.39. The Hall–Kier alpha value is -1.94. The van der Waals surface area contributed by atoms with Crippen molar-refractivity contribution in [3.05, 3.63) is 46.3 Å². The first-order valence-electron chi connectivity index (χ1n) is 8.16. The number of nitrogens with one attached hydrogen (secondary N) is 1. The maximum Gasteiger partial charge on any atom is 0.250 e. The first kappa shape index (κ1) is 19.8. The van der Waals surface area contributed by atoms with Gasteiger partial charge in [-0.3, -0.25) is 0 Å². The summed E-state index contributed by atoms with van der Waals surface area (Å²) in [5.41, 5.74) is 1.77. The van der Waals surface area contributed by atoms with E-state index < -0.39 is 10.0 Å². The zero-order valence-electron chi connectivity index (χ0n) is 15.2. The standard InChI is InChI=1S/C18H20N2O4S3/c1-12-20-14(11-25-12)17-6-7-18(26-17)27(21,22)19-9-8-13-4-5-15(23-2)16(10-13)24-3/h4-7,10-11,19H,8-9H2,1-3H3. The number of nitrogens with zero attached hydrogens (tertiary/aromatic N) is 1. The number of sulfonamides is 1. The van der Waals surface area contributed by atoms with Gasteiger partial charge in [-0.15, -0.1) is 22.7 Å². The molecule has 0 amide bonds. The van der Waals surface area contributed by atoms with Gasteiger partial charge in [-0.1, -0.05) is 6.07 Å². The fraction of sp³-hybridized carbons (Fsp3) is 0.278. The fourth-order valence-electron chi connectivity index (χ4n) is 2.52. The van der Waals surface area contributed by atoms with Crippen LogP contribution in [0.4, 0.5) is 0 Å². The number of aromatic nitrogens is 1. The van der Waals surface area contributed by atoms with E-state index in [0.29, 0.717) is 24.5 Å². The first-order chi connectivity index (χ1) is 12.9. The van der Waals surface area contributed by atoms with Gasteiger partial charge in [0.25, 0.3) is 0 Å². The minimum absolute atomic E-state index is 0.287. The van der Waals surface area contributed by atoms with E-state index in [2.05, 4.69) is 9.71 Å². The molecule has 0 radical (unpaired) electrons. The number of rotatable bonds is 8. The van der Waals surface area contributed by atoms with Crippen molar-refractivity contribution in [3.8, 4) is 22.1 Å². The second-order valence-electron chi connectivity index (χ2n) is 5.71. The predicted octanol–water partition coefficient (Wildman–Crippen LogP) is 3.72. The van der Waals surface area contributed by atoms with Gasteiger partial charge < -0.3 is 9.47 Å². The summed E-state index contributed by atoms with van der Waals surface area (Å²) >= 11 is 2.77. The molecule has 1 aromatic carbocycles. The van der Waals surface area contributed by atoms with Crippen molar-refractivity contribution in [2.75, 3.05) is 20.8 Å². The van der Waals surface area contributed by atoms with Crippen molar-refractivity contribution < 1.29 is 17.9 Å². The molecule has 0 aliphatic rings. The van der Waals surface area contributed by atoms with Crippen molar-refractivity contribution in [2.45, 2.75) is 17.6 Å². The molecule has 1 N–H and O–H groups in total. The average molecular weight is 425 g/mol. The highest BCUT2D eigenvalue weighted by molar-refractivity contribution is 7.91. The molecule has 9 heteroatoms. The van der Waals surface area contributed by atoms with Gasteiger partial charge in [-0.2, -0.15) is 0 Å². The van der Waals surface area contributed by atoms with Gasteiger partial charge in [-0.25, -0.2) is 18.1 Å². The summed E-state index contributed by atoms with van der Waals surface area (Å²) in [5.74, 6) is 1.27. The Labute approximate surface area is 166 Å². The van der Waals surface area contributed by atoms with E-state index in [1.165, 1.54) is 11.3 Å². The molecule has 0 atom stereocenters. The summed E-state index contributed by atoms with van der Waals surface area (Å²) in [7, 11) is -0.402. The van der Waals surface area contributed by atoms with E-state index in [1.807, 2.05) is 30.5 Å². The van der Waals surface area contributed by atoms with Crippen molar-refractivity contribution in [3.63, 3.8) is 0 Å². The van der Waals surface area contributed by atoms with Crippen LogP contribution < -0.4 is 14.2 Å². The number of ether oxygens (including phenoxy) is 2. The number of hydrogen-bond donors (Lipinski definition) is 1. The van der Waals surface area contributed by atoms with Gasteiger partial charge in [-0.05, 0) is 43.2 Å². The quantitative estimate of drug-likeness (QED) is 0.596. The van der Waals surface area contributed by atoms with Crippen LogP contribution in [0.2, 0.25) is 0 Å². The van der Waals surface area contributed by atoms with Gasteiger partial charge >= 0.3 is 0 Å².